The molecule has 8 heteroatoms. The summed E-state index contributed by atoms with van der Waals surface area (Å²) in [7, 11) is 0. The third-order valence-corrected chi connectivity index (χ3v) is 4.42. The highest BCUT2D eigenvalue weighted by molar-refractivity contribution is 7.99. The number of fused-ring (bicyclic) bond motifs is 1. The van der Waals surface area contributed by atoms with E-state index in [1.165, 1.54) is 18.7 Å². The second-order valence-electron chi connectivity index (χ2n) is 5.75. The van der Waals surface area contributed by atoms with Crippen molar-refractivity contribution in [1.82, 2.24) is 9.97 Å². The maximum atomic E-state index is 12.2. The molecule has 1 aromatic heterocycles. The number of benzene rings is 2. The fraction of sp³-hybridized carbons (Fsp3) is 0.211. The van der Waals surface area contributed by atoms with E-state index in [4.69, 9.17) is 4.74 Å². The summed E-state index contributed by atoms with van der Waals surface area (Å²) in [5.41, 5.74) is 2.95. The Bertz CT molecular complexity index is 970. The summed E-state index contributed by atoms with van der Waals surface area (Å²) in [6, 6.07) is 12.7. The number of nitrogens with one attached hydrogen (secondary N) is 3. The predicted octanol–water partition coefficient (Wildman–Crippen LogP) is 3.65. The Hall–Kier alpha value is -3.00. The van der Waals surface area contributed by atoms with Crippen LogP contribution in [0.2, 0.25) is 0 Å². The summed E-state index contributed by atoms with van der Waals surface area (Å²) < 4.78 is 5.48. The third kappa shape index (κ3) is 5.24. The molecule has 0 unspecified atom stereocenters. The zero-order valence-electron chi connectivity index (χ0n) is 15.0. The Labute approximate surface area is 160 Å². The first-order chi connectivity index (χ1) is 13.0. The standard InChI is InChI=1S/C19H20N4O3S/c1-3-26-15-7-8-16-17(10-15)23-19(22-16)27-11-18(25)21-14-6-4-5-13(9-14)20-12(2)24/h4-10H,3,11H2,1-2H3,(H,20,24)(H,21,25)(H,22,23). The van der Waals surface area contributed by atoms with Gasteiger partial charge in [-0.05, 0) is 37.3 Å². The van der Waals surface area contributed by atoms with Gasteiger partial charge in [0, 0.05) is 24.4 Å². The first-order valence-corrected chi connectivity index (χ1v) is 9.45. The number of rotatable bonds is 7. The number of hydrogen-bond donors (Lipinski definition) is 3. The van der Waals surface area contributed by atoms with Gasteiger partial charge in [-0.15, -0.1) is 0 Å². The Morgan fingerprint density at radius 2 is 1.93 bits per heavy atom. The van der Waals surface area contributed by atoms with Crippen molar-refractivity contribution in [2.75, 3.05) is 23.0 Å². The number of thioether (sulfide) groups is 1. The lowest BCUT2D eigenvalue weighted by molar-refractivity contribution is -0.114. The maximum Gasteiger partial charge on any atom is 0.234 e. The molecule has 0 saturated heterocycles. The van der Waals surface area contributed by atoms with Crippen molar-refractivity contribution in [2.45, 2.75) is 19.0 Å². The van der Waals surface area contributed by atoms with Crippen LogP contribution in [0.3, 0.4) is 0 Å². The van der Waals surface area contributed by atoms with Gasteiger partial charge in [-0.25, -0.2) is 4.98 Å². The largest absolute Gasteiger partial charge is 0.494 e. The topological polar surface area (TPSA) is 96.1 Å². The summed E-state index contributed by atoms with van der Waals surface area (Å²) >= 11 is 1.32. The van der Waals surface area contributed by atoms with Crippen molar-refractivity contribution in [1.29, 1.82) is 0 Å². The van der Waals surface area contributed by atoms with Gasteiger partial charge in [0.15, 0.2) is 5.16 Å². The number of carbonyl (C=O) groups excluding carboxylic acids is 2. The van der Waals surface area contributed by atoms with Crippen molar-refractivity contribution in [3.05, 3.63) is 42.5 Å². The number of nitrogens with zero attached hydrogens (tertiary/aromatic N) is 1. The number of aromatic nitrogens is 2. The second kappa shape index (κ2) is 8.59. The second-order valence-corrected chi connectivity index (χ2v) is 6.72. The number of imidazole rings is 1. The van der Waals surface area contributed by atoms with Crippen LogP contribution in [-0.4, -0.2) is 34.1 Å². The molecule has 7 nitrogen and oxygen atoms in total. The molecule has 27 heavy (non-hydrogen) atoms. The lowest BCUT2D eigenvalue weighted by atomic mass is 10.2. The molecule has 0 saturated carbocycles. The van der Waals surface area contributed by atoms with Gasteiger partial charge in [0.1, 0.15) is 5.75 Å². The number of anilines is 2. The Kier molecular flexibility index (Phi) is 5.97. The molecular weight excluding hydrogens is 364 g/mol. The first-order valence-electron chi connectivity index (χ1n) is 8.46. The van der Waals surface area contributed by atoms with Crippen LogP contribution in [0.25, 0.3) is 11.0 Å². The molecule has 2 amide bonds. The molecule has 0 fully saturated rings. The number of amides is 2. The highest BCUT2D eigenvalue weighted by Crippen LogP contribution is 2.23. The number of hydrogen-bond acceptors (Lipinski definition) is 5. The monoisotopic (exact) mass is 384 g/mol. The molecular formula is C19H20N4O3S. The van der Waals surface area contributed by atoms with E-state index in [2.05, 4.69) is 20.6 Å². The van der Waals surface area contributed by atoms with E-state index in [0.717, 1.165) is 16.8 Å². The number of ether oxygens (including phenoxy) is 1. The lowest BCUT2D eigenvalue weighted by Crippen LogP contribution is -2.14. The highest BCUT2D eigenvalue weighted by atomic mass is 32.2. The highest BCUT2D eigenvalue weighted by Gasteiger charge is 2.09. The Morgan fingerprint density at radius 3 is 2.67 bits per heavy atom. The fourth-order valence-electron chi connectivity index (χ4n) is 2.50. The summed E-state index contributed by atoms with van der Waals surface area (Å²) in [6.45, 7) is 3.97. The van der Waals surface area contributed by atoms with Crippen molar-refractivity contribution < 1.29 is 14.3 Å². The molecule has 140 valence electrons. The summed E-state index contributed by atoms with van der Waals surface area (Å²) in [4.78, 5) is 31.0. The minimum absolute atomic E-state index is 0.157. The van der Waals surface area contributed by atoms with Crippen LogP contribution in [0.4, 0.5) is 11.4 Å². The summed E-state index contributed by atoms with van der Waals surface area (Å²) in [5, 5.41) is 6.16. The van der Waals surface area contributed by atoms with E-state index < -0.39 is 0 Å². The van der Waals surface area contributed by atoms with Gasteiger partial charge in [0.2, 0.25) is 11.8 Å². The van der Waals surface area contributed by atoms with Gasteiger partial charge in [-0.1, -0.05) is 17.8 Å². The van der Waals surface area contributed by atoms with E-state index in [1.807, 2.05) is 25.1 Å². The molecule has 0 atom stereocenters. The van der Waals surface area contributed by atoms with Crippen LogP contribution in [0.15, 0.2) is 47.6 Å². The predicted molar refractivity (Wildman–Crippen MR) is 107 cm³/mol. The summed E-state index contributed by atoms with van der Waals surface area (Å²) in [5.74, 6) is 0.673. The van der Waals surface area contributed by atoms with Gasteiger partial charge in [0.25, 0.3) is 0 Å². The molecule has 3 N–H and O–H groups in total. The molecule has 0 radical (unpaired) electrons. The van der Waals surface area contributed by atoms with E-state index in [1.54, 1.807) is 24.3 Å². The SMILES string of the molecule is CCOc1ccc2nc(SCC(=O)Nc3cccc(NC(C)=O)c3)[nH]c2c1. The number of aromatic amines is 1. The van der Waals surface area contributed by atoms with Crippen molar-refractivity contribution in [2.24, 2.45) is 0 Å². The molecule has 0 aliphatic carbocycles. The average molecular weight is 384 g/mol. The van der Waals surface area contributed by atoms with Crippen LogP contribution in [-0.2, 0) is 9.59 Å². The molecule has 2 aromatic carbocycles. The van der Waals surface area contributed by atoms with Gasteiger partial charge in [0.05, 0.1) is 23.4 Å². The fourth-order valence-corrected chi connectivity index (χ4v) is 3.18. The van der Waals surface area contributed by atoms with Crippen LogP contribution in [0.1, 0.15) is 13.8 Å². The minimum Gasteiger partial charge on any atom is -0.494 e. The summed E-state index contributed by atoms with van der Waals surface area (Å²) in [6.07, 6.45) is 0. The van der Waals surface area contributed by atoms with Crippen molar-refractivity contribution in [3.8, 4) is 5.75 Å². The molecule has 3 rings (SSSR count). The minimum atomic E-state index is -0.161. The zero-order valence-corrected chi connectivity index (χ0v) is 15.9. The lowest BCUT2D eigenvalue weighted by Gasteiger charge is -2.07. The van der Waals surface area contributed by atoms with Gasteiger partial charge >= 0.3 is 0 Å². The van der Waals surface area contributed by atoms with E-state index in [9.17, 15) is 9.59 Å². The quantitative estimate of drug-likeness (QED) is 0.540. The van der Waals surface area contributed by atoms with Crippen molar-refractivity contribution >= 4 is 46.0 Å². The molecule has 0 aliphatic heterocycles. The Morgan fingerprint density at radius 1 is 1.15 bits per heavy atom. The number of carbonyl (C=O) groups is 2. The molecule has 0 aliphatic rings. The van der Waals surface area contributed by atoms with E-state index in [0.29, 0.717) is 23.1 Å². The zero-order chi connectivity index (χ0) is 19.2. The smallest absolute Gasteiger partial charge is 0.234 e. The number of H-pyrrole nitrogens is 1. The molecule has 1 heterocycles. The van der Waals surface area contributed by atoms with Crippen LogP contribution < -0.4 is 15.4 Å². The molecule has 0 bridgehead atoms. The van der Waals surface area contributed by atoms with E-state index in [-0.39, 0.29) is 17.6 Å². The average Bonchev–Trinajstić information content (AvgIpc) is 3.02. The van der Waals surface area contributed by atoms with Gasteiger partial charge < -0.3 is 20.4 Å². The van der Waals surface area contributed by atoms with E-state index >= 15 is 0 Å². The van der Waals surface area contributed by atoms with Crippen LogP contribution in [0, 0.1) is 0 Å². The molecule has 3 aromatic rings. The van der Waals surface area contributed by atoms with Gasteiger partial charge in [-0.3, -0.25) is 9.59 Å². The van der Waals surface area contributed by atoms with Crippen LogP contribution in [0.5, 0.6) is 5.75 Å². The third-order valence-electron chi connectivity index (χ3n) is 3.55. The van der Waals surface area contributed by atoms with Gasteiger partial charge in [-0.2, -0.15) is 0 Å². The Balaban J connectivity index is 1.59. The normalized spacial score (nSPS) is 10.6. The first kappa shape index (κ1) is 18.8. The molecule has 0 spiro atoms. The maximum absolute atomic E-state index is 12.2. The van der Waals surface area contributed by atoms with Crippen LogP contribution >= 0.6 is 11.8 Å². The van der Waals surface area contributed by atoms with Crippen molar-refractivity contribution in [3.63, 3.8) is 0 Å².